The Morgan fingerprint density at radius 3 is 2.76 bits per heavy atom. The molecule has 4 nitrogen and oxygen atoms in total. The number of carbonyl (C=O) groups excluding carboxylic acids is 2. The molecule has 0 saturated carbocycles. The minimum Gasteiger partial charge on any atom is -0.462 e. The van der Waals surface area contributed by atoms with E-state index in [0.29, 0.717) is 17.7 Å². The third-order valence-electron chi connectivity index (χ3n) is 1.87. The molecule has 0 bridgehead atoms. The molecule has 1 rings (SSSR count). The second-order valence-corrected chi connectivity index (χ2v) is 3.04. The first-order valence-electron chi connectivity index (χ1n) is 5.04. The fourth-order valence-corrected chi connectivity index (χ4v) is 1.11. The van der Waals surface area contributed by atoms with E-state index in [0.717, 1.165) is 0 Å². The lowest BCUT2D eigenvalue weighted by Gasteiger charge is -2.01. The molecule has 0 aliphatic rings. The van der Waals surface area contributed by atoms with Gasteiger partial charge in [-0.1, -0.05) is 12.0 Å². The van der Waals surface area contributed by atoms with Gasteiger partial charge in [0.05, 0.1) is 19.3 Å². The van der Waals surface area contributed by atoms with Crippen LogP contribution >= 0.6 is 0 Å². The van der Waals surface area contributed by atoms with Crippen LogP contribution in [-0.4, -0.2) is 25.7 Å². The van der Waals surface area contributed by atoms with Gasteiger partial charge in [0, 0.05) is 11.5 Å². The third-order valence-corrected chi connectivity index (χ3v) is 1.87. The van der Waals surface area contributed by atoms with Gasteiger partial charge >= 0.3 is 11.9 Å². The minimum absolute atomic E-state index is 0.316. The summed E-state index contributed by atoms with van der Waals surface area (Å²) in [4.78, 5) is 22.2. The molecular weight excluding hydrogens is 220 g/mol. The van der Waals surface area contributed by atoms with Crippen LogP contribution in [0.5, 0.6) is 0 Å². The van der Waals surface area contributed by atoms with Crippen LogP contribution in [0.2, 0.25) is 0 Å². The smallest absolute Gasteiger partial charge is 0.384 e. The average Bonchev–Trinajstić information content (AvgIpc) is 2.36. The molecule has 4 heteroatoms. The molecule has 0 atom stereocenters. The topological polar surface area (TPSA) is 52.6 Å². The van der Waals surface area contributed by atoms with Crippen molar-refractivity contribution < 1.29 is 19.1 Å². The fourth-order valence-electron chi connectivity index (χ4n) is 1.11. The Kier molecular flexibility index (Phi) is 4.77. The largest absolute Gasteiger partial charge is 0.462 e. The highest BCUT2D eigenvalue weighted by Crippen LogP contribution is 2.05. The first-order chi connectivity index (χ1) is 8.17. The molecule has 0 spiro atoms. The van der Waals surface area contributed by atoms with Crippen LogP contribution in [0.25, 0.3) is 0 Å². The number of methoxy groups -OCH3 is 1. The zero-order valence-electron chi connectivity index (χ0n) is 9.65. The summed E-state index contributed by atoms with van der Waals surface area (Å²) >= 11 is 0. The molecule has 0 saturated heterocycles. The molecule has 88 valence electrons. The maximum atomic E-state index is 11.4. The number of hydrogen-bond donors (Lipinski definition) is 0. The summed E-state index contributed by atoms with van der Waals surface area (Å²) in [5.74, 6) is 3.86. The molecule has 17 heavy (non-hydrogen) atoms. The summed E-state index contributed by atoms with van der Waals surface area (Å²) in [5.41, 5.74) is 0.962. The average molecular weight is 232 g/mol. The molecule has 1 aromatic rings. The van der Waals surface area contributed by atoms with E-state index < -0.39 is 11.9 Å². The second-order valence-electron chi connectivity index (χ2n) is 3.04. The van der Waals surface area contributed by atoms with Crippen LogP contribution in [0.15, 0.2) is 24.3 Å². The van der Waals surface area contributed by atoms with Gasteiger partial charge in [-0.2, -0.15) is 0 Å². The van der Waals surface area contributed by atoms with Crippen LogP contribution in [0.1, 0.15) is 22.8 Å². The number of esters is 2. The highest BCUT2D eigenvalue weighted by Gasteiger charge is 2.05. The van der Waals surface area contributed by atoms with Gasteiger partial charge in [0.15, 0.2) is 0 Å². The van der Waals surface area contributed by atoms with Gasteiger partial charge in [0.2, 0.25) is 0 Å². The molecule has 0 radical (unpaired) electrons. The van der Waals surface area contributed by atoms with Crippen LogP contribution in [0, 0.1) is 11.8 Å². The van der Waals surface area contributed by atoms with E-state index >= 15 is 0 Å². The number of hydrogen-bond acceptors (Lipinski definition) is 4. The highest BCUT2D eigenvalue weighted by atomic mass is 16.5. The third kappa shape index (κ3) is 3.99. The Labute approximate surface area is 99.5 Å². The van der Waals surface area contributed by atoms with Crippen molar-refractivity contribution in [2.45, 2.75) is 6.92 Å². The van der Waals surface area contributed by atoms with E-state index in [4.69, 9.17) is 4.74 Å². The first-order valence-corrected chi connectivity index (χ1v) is 5.04. The summed E-state index contributed by atoms with van der Waals surface area (Å²) in [7, 11) is 1.26. The van der Waals surface area contributed by atoms with Crippen LogP contribution in [-0.2, 0) is 14.3 Å². The number of rotatable bonds is 2. The molecule has 0 N–H and O–H groups in total. The fraction of sp³-hybridized carbons (Fsp3) is 0.231. The lowest BCUT2D eigenvalue weighted by Crippen LogP contribution is -2.04. The van der Waals surface area contributed by atoms with Gasteiger partial charge in [0.1, 0.15) is 0 Å². The van der Waals surface area contributed by atoms with Crippen molar-refractivity contribution in [1.29, 1.82) is 0 Å². The van der Waals surface area contributed by atoms with Crippen molar-refractivity contribution in [2.75, 3.05) is 13.7 Å². The number of ether oxygens (including phenoxy) is 2. The summed E-state index contributed by atoms with van der Waals surface area (Å²) in [6.07, 6.45) is 0. The second kappa shape index (κ2) is 6.33. The molecule has 0 aliphatic carbocycles. The Hall–Kier alpha value is -2.28. The van der Waals surface area contributed by atoms with E-state index in [1.54, 1.807) is 31.2 Å². The van der Waals surface area contributed by atoms with Crippen molar-refractivity contribution in [3.63, 3.8) is 0 Å². The highest BCUT2D eigenvalue weighted by molar-refractivity contribution is 5.91. The summed E-state index contributed by atoms with van der Waals surface area (Å²) in [6.45, 7) is 2.05. The Bertz CT molecular complexity index is 480. The standard InChI is InChI=1S/C13H12O4/c1-3-17-13(15)11-6-4-5-10(9-11)7-8-12(14)16-2/h4-6,9H,3H2,1-2H3. The minimum atomic E-state index is -0.619. The van der Waals surface area contributed by atoms with Crippen molar-refractivity contribution >= 4 is 11.9 Å². The molecule has 0 fully saturated rings. The van der Waals surface area contributed by atoms with E-state index in [1.165, 1.54) is 7.11 Å². The van der Waals surface area contributed by atoms with E-state index in [2.05, 4.69) is 16.6 Å². The maximum absolute atomic E-state index is 11.4. The van der Waals surface area contributed by atoms with E-state index in [-0.39, 0.29) is 0 Å². The zero-order valence-corrected chi connectivity index (χ0v) is 9.65. The number of benzene rings is 1. The van der Waals surface area contributed by atoms with Crippen LogP contribution in [0.3, 0.4) is 0 Å². The zero-order chi connectivity index (χ0) is 12.7. The SMILES string of the molecule is CCOC(=O)c1cccc(C#CC(=O)OC)c1. The van der Waals surface area contributed by atoms with Crippen LogP contribution in [0.4, 0.5) is 0 Å². The molecule has 0 aliphatic heterocycles. The monoisotopic (exact) mass is 232 g/mol. The lowest BCUT2D eigenvalue weighted by atomic mass is 10.1. The predicted molar refractivity (Wildman–Crippen MR) is 61.3 cm³/mol. The first kappa shape index (κ1) is 12.8. The van der Waals surface area contributed by atoms with E-state index in [9.17, 15) is 9.59 Å². The Morgan fingerprint density at radius 2 is 2.12 bits per heavy atom. The lowest BCUT2D eigenvalue weighted by molar-refractivity contribution is -0.133. The quantitative estimate of drug-likeness (QED) is 0.571. The van der Waals surface area contributed by atoms with Gasteiger partial charge in [-0.25, -0.2) is 9.59 Å². The molecule has 0 unspecified atom stereocenters. The summed E-state index contributed by atoms with van der Waals surface area (Å²) in [6, 6.07) is 6.56. The molecule has 0 amide bonds. The Morgan fingerprint density at radius 1 is 1.35 bits per heavy atom. The number of carbonyl (C=O) groups is 2. The Balaban J connectivity index is 2.88. The van der Waals surface area contributed by atoms with Crippen molar-refractivity contribution in [3.05, 3.63) is 35.4 Å². The van der Waals surface area contributed by atoms with Gasteiger partial charge in [-0.3, -0.25) is 0 Å². The summed E-state index contributed by atoms with van der Waals surface area (Å²) in [5, 5.41) is 0. The van der Waals surface area contributed by atoms with Crippen LogP contribution < -0.4 is 0 Å². The molecular formula is C13H12O4. The summed E-state index contributed by atoms with van der Waals surface area (Å²) < 4.78 is 9.23. The van der Waals surface area contributed by atoms with Gasteiger partial charge in [-0.05, 0) is 25.1 Å². The van der Waals surface area contributed by atoms with Crippen molar-refractivity contribution in [3.8, 4) is 11.8 Å². The van der Waals surface area contributed by atoms with E-state index in [1.807, 2.05) is 0 Å². The molecule has 0 aromatic heterocycles. The van der Waals surface area contributed by atoms with Crippen molar-refractivity contribution in [2.24, 2.45) is 0 Å². The van der Waals surface area contributed by atoms with Gasteiger partial charge in [-0.15, -0.1) is 0 Å². The molecule has 1 aromatic carbocycles. The van der Waals surface area contributed by atoms with Gasteiger partial charge < -0.3 is 9.47 Å². The predicted octanol–water partition coefficient (Wildman–Crippen LogP) is 1.39. The van der Waals surface area contributed by atoms with Crippen molar-refractivity contribution in [1.82, 2.24) is 0 Å². The normalized spacial score (nSPS) is 8.82. The maximum Gasteiger partial charge on any atom is 0.384 e. The van der Waals surface area contributed by atoms with Gasteiger partial charge in [0.25, 0.3) is 0 Å². The molecule has 0 heterocycles.